The Kier molecular flexibility index (Phi) is 0.182. The summed E-state index contributed by atoms with van der Waals surface area (Å²) >= 11 is 0. The van der Waals surface area contributed by atoms with Crippen LogP contribution in [-0.2, 0) is 7.72 Å². The van der Waals surface area contributed by atoms with Gasteiger partial charge in [-0.05, 0) is 0 Å². The fourth-order valence-electron chi connectivity index (χ4n) is 17.8. The molecule has 0 aromatic rings. The van der Waals surface area contributed by atoms with Crippen molar-refractivity contribution in [2.75, 3.05) is 0 Å². The van der Waals surface area contributed by atoms with Crippen LogP contribution >= 0.6 is 0 Å². The molecule has 0 saturated carbocycles. The molecule has 1 spiro atoms. The van der Waals surface area contributed by atoms with Gasteiger partial charge in [0.1, 0.15) is 0 Å². The second-order valence-electron chi connectivity index (χ2n) is 11.0. The Balaban J connectivity index is 1.60. The third-order valence-corrected chi connectivity index (χ3v) is 83.1. The molecular formula is C14H18ORu. The SMILES string of the molecule is CCCC(O)[C]12[CH]3[CH]4[CH]5[CH]1[Ru]45321678[CH]2[CH]1[CH]6[CH]7[CH]28. The second-order valence-corrected chi connectivity index (χ2v) is 48.2. The molecule has 10 aliphatic rings. The summed E-state index contributed by atoms with van der Waals surface area (Å²) in [5.74, 6) is 0. The second kappa shape index (κ2) is 0.474. The van der Waals surface area contributed by atoms with E-state index in [1.54, 1.807) is 0 Å². The molecule has 0 aromatic heterocycles. The molecule has 10 heterocycles. The van der Waals surface area contributed by atoms with Gasteiger partial charge in [-0.15, -0.1) is 0 Å². The zero-order chi connectivity index (χ0) is 10.0. The number of hydrogen-bond acceptors (Lipinski definition) is 1. The minimum absolute atomic E-state index is 0.208. The molecule has 0 amide bonds. The van der Waals surface area contributed by atoms with Gasteiger partial charge in [-0.3, -0.25) is 0 Å². The van der Waals surface area contributed by atoms with Crippen molar-refractivity contribution in [3.05, 3.63) is 0 Å². The first kappa shape index (κ1) is 6.15. The van der Waals surface area contributed by atoms with E-state index in [0.717, 1.165) is 10.4 Å². The standard InChI is InChI=1S/C9H13O.C5H5.Ru/c1-2-5-9(10)8-6-3-4-7-8;1-2-4-5-3-1;/h3-4,6-7,9-10H,2,5H2,1H3;1-5H;. The summed E-state index contributed by atoms with van der Waals surface area (Å²) in [6, 6.07) is 0. The van der Waals surface area contributed by atoms with Crippen molar-refractivity contribution in [1.29, 1.82) is 0 Å². The van der Waals surface area contributed by atoms with Crippen molar-refractivity contribution in [2.24, 2.45) is 0 Å². The van der Waals surface area contributed by atoms with Crippen LogP contribution in [0.15, 0.2) is 0 Å². The van der Waals surface area contributed by atoms with Gasteiger partial charge in [0.05, 0.1) is 0 Å². The number of aliphatic hydroxyl groups is 1. The quantitative estimate of drug-likeness (QED) is 0.784. The van der Waals surface area contributed by atoms with Crippen molar-refractivity contribution >= 4 is 0 Å². The molecule has 10 fully saturated rings. The minimum atomic E-state index is -3.18. The topological polar surface area (TPSA) is 20.2 Å². The Morgan fingerprint density at radius 3 is 1.75 bits per heavy atom. The van der Waals surface area contributed by atoms with Crippen LogP contribution in [0.1, 0.15) is 19.8 Å². The third-order valence-electron chi connectivity index (χ3n) is 15.9. The van der Waals surface area contributed by atoms with Crippen molar-refractivity contribution in [1.82, 2.24) is 0 Å². The zero-order valence-corrected chi connectivity index (χ0v) is 11.2. The van der Waals surface area contributed by atoms with E-state index in [-0.39, 0.29) is 6.10 Å². The van der Waals surface area contributed by atoms with Crippen molar-refractivity contribution in [3.63, 3.8) is 0 Å². The molecule has 0 aromatic carbocycles. The molecular weight excluding hydrogens is 285 g/mol. The molecule has 0 bridgehead atoms. The monoisotopic (exact) mass is 304 g/mol. The van der Waals surface area contributed by atoms with Crippen LogP contribution in [0, 0.1) is 0 Å². The Bertz CT molecular complexity index is 833. The van der Waals surface area contributed by atoms with Crippen molar-refractivity contribution in [3.8, 4) is 0 Å². The molecule has 88 valence electrons. The van der Waals surface area contributed by atoms with E-state index in [9.17, 15) is 5.11 Å². The predicted molar refractivity (Wildman–Crippen MR) is 57.4 cm³/mol. The molecule has 10 aliphatic heterocycles. The average molecular weight is 303 g/mol. The van der Waals surface area contributed by atoms with Gasteiger partial charge in [-0.25, -0.2) is 0 Å². The number of hydrogen-bond donors (Lipinski definition) is 1. The van der Waals surface area contributed by atoms with Crippen LogP contribution in [0.2, 0.25) is 44.6 Å². The van der Waals surface area contributed by atoms with Crippen molar-refractivity contribution < 1.29 is 12.8 Å². The van der Waals surface area contributed by atoms with Gasteiger partial charge in [-0.2, -0.15) is 0 Å². The number of rotatable bonds is 3. The molecule has 2 heteroatoms. The maximum absolute atomic E-state index is 10.9. The summed E-state index contributed by atoms with van der Waals surface area (Å²) in [6.45, 7) is 2.27. The Morgan fingerprint density at radius 2 is 1.50 bits per heavy atom. The Labute approximate surface area is 83.3 Å². The van der Waals surface area contributed by atoms with Gasteiger partial charge in [-0.1, -0.05) is 0 Å². The first-order valence-electron chi connectivity index (χ1n) is 7.42. The first-order chi connectivity index (χ1) is 7.53. The fourth-order valence-corrected chi connectivity index (χ4v) is 152. The van der Waals surface area contributed by atoms with E-state index >= 15 is 0 Å². The molecule has 5 atom stereocenters. The van der Waals surface area contributed by atoms with Gasteiger partial charge < -0.3 is 0 Å². The molecule has 10 rings (SSSR count). The molecule has 5 unspecified atom stereocenters. The van der Waals surface area contributed by atoms with Crippen LogP contribution in [0.5, 0.6) is 0 Å². The molecule has 0 radical (unpaired) electrons. The molecule has 10 saturated heterocycles. The van der Waals surface area contributed by atoms with Crippen LogP contribution < -0.4 is 0 Å². The predicted octanol–water partition coefficient (Wildman–Crippen LogP) is 3.91. The zero-order valence-electron chi connectivity index (χ0n) is 9.49. The first-order valence-corrected chi connectivity index (χ1v) is 17.3. The summed E-state index contributed by atoms with van der Waals surface area (Å²) in [7, 11) is -3.18. The normalized spacial score (nSPS) is 128. The summed E-state index contributed by atoms with van der Waals surface area (Å²) in [6.07, 6.45) is 2.59. The Morgan fingerprint density at radius 1 is 1.00 bits per heavy atom. The van der Waals surface area contributed by atoms with Crippen LogP contribution in [0.4, 0.5) is 0 Å². The van der Waals surface area contributed by atoms with Gasteiger partial charge in [0.15, 0.2) is 0 Å². The van der Waals surface area contributed by atoms with Gasteiger partial charge in [0.25, 0.3) is 0 Å². The Hall–Kier alpha value is 0.583. The maximum atomic E-state index is 10.9. The van der Waals surface area contributed by atoms with E-state index in [4.69, 9.17) is 0 Å². The molecule has 1 nitrogen and oxygen atoms in total. The van der Waals surface area contributed by atoms with Crippen molar-refractivity contribution in [2.45, 2.75) is 70.5 Å². The average Bonchev–Trinajstić information content (AvgIpc) is 3.23. The van der Waals surface area contributed by atoms with E-state index in [2.05, 4.69) is 6.92 Å². The molecule has 1 N–H and O–H groups in total. The van der Waals surface area contributed by atoms with E-state index in [1.165, 1.54) is 47.0 Å². The van der Waals surface area contributed by atoms with E-state index < -0.39 is 7.72 Å². The van der Waals surface area contributed by atoms with Crippen LogP contribution in [0.3, 0.4) is 0 Å². The van der Waals surface area contributed by atoms with E-state index in [0.29, 0.717) is 0 Å². The van der Waals surface area contributed by atoms with E-state index in [1.807, 2.05) is 0 Å². The molecule has 0 aliphatic carbocycles. The fraction of sp³-hybridized carbons (Fsp3) is 1.00. The summed E-state index contributed by atoms with van der Waals surface area (Å²) in [5, 5.41) is 10.9. The third kappa shape index (κ3) is 0.0543. The van der Waals surface area contributed by atoms with Gasteiger partial charge in [0.2, 0.25) is 0 Å². The summed E-state index contributed by atoms with van der Waals surface area (Å²) in [4.78, 5) is 0. The number of fused-ring (bicyclic) bond motifs is 10. The summed E-state index contributed by atoms with van der Waals surface area (Å²) < 4.78 is 13.2. The molecule has 16 heavy (non-hydrogen) atoms. The van der Waals surface area contributed by atoms with Crippen LogP contribution in [-0.4, -0.2) is 11.2 Å². The van der Waals surface area contributed by atoms with Gasteiger partial charge in [0, 0.05) is 0 Å². The van der Waals surface area contributed by atoms with Crippen LogP contribution in [0.25, 0.3) is 0 Å². The summed E-state index contributed by atoms with van der Waals surface area (Å²) in [5.41, 5.74) is 0. The number of aliphatic hydroxyl groups excluding tert-OH is 1. The van der Waals surface area contributed by atoms with Gasteiger partial charge >= 0.3 is 83.3 Å².